The SMILES string of the molecule is CC(C(=O)O)C(C)n1nnnc1-c1ccccc1F. The normalized spacial score (nSPS) is 14.1. The van der Waals surface area contributed by atoms with Crippen LogP contribution in [0.3, 0.4) is 0 Å². The van der Waals surface area contributed by atoms with Gasteiger partial charge in [-0.2, -0.15) is 0 Å². The van der Waals surface area contributed by atoms with E-state index in [4.69, 9.17) is 5.11 Å². The molecule has 0 aliphatic carbocycles. The van der Waals surface area contributed by atoms with Crippen molar-refractivity contribution in [2.24, 2.45) is 5.92 Å². The molecule has 2 unspecified atom stereocenters. The molecule has 0 saturated carbocycles. The summed E-state index contributed by atoms with van der Waals surface area (Å²) < 4.78 is 15.1. The molecule has 6 nitrogen and oxygen atoms in total. The number of hydrogen-bond acceptors (Lipinski definition) is 4. The predicted octanol–water partition coefficient (Wildman–Crippen LogP) is 1.76. The molecule has 1 heterocycles. The van der Waals surface area contributed by atoms with E-state index in [1.807, 2.05) is 0 Å². The number of aliphatic carboxylic acids is 1. The van der Waals surface area contributed by atoms with Gasteiger partial charge in [-0.05, 0) is 36.4 Å². The molecule has 100 valence electrons. The number of halogens is 1. The van der Waals surface area contributed by atoms with E-state index in [1.54, 1.807) is 32.0 Å². The number of nitrogens with zero attached hydrogens (tertiary/aromatic N) is 4. The van der Waals surface area contributed by atoms with Crippen molar-refractivity contribution in [1.82, 2.24) is 20.2 Å². The molecule has 19 heavy (non-hydrogen) atoms. The Balaban J connectivity index is 2.44. The summed E-state index contributed by atoms with van der Waals surface area (Å²) >= 11 is 0. The third kappa shape index (κ3) is 2.44. The second-order valence-corrected chi connectivity index (χ2v) is 4.29. The van der Waals surface area contributed by atoms with Gasteiger partial charge >= 0.3 is 5.97 Å². The molecule has 0 radical (unpaired) electrons. The molecule has 1 aromatic carbocycles. The number of benzene rings is 1. The summed E-state index contributed by atoms with van der Waals surface area (Å²) in [7, 11) is 0. The summed E-state index contributed by atoms with van der Waals surface area (Å²) in [6.45, 7) is 3.24. The van der Waals surface area contributed by atoms with Gasteiger partial charge in [0.2, 0.25) is 0 Å². The van der Waals surface area contributed by atoms with E-state index in [0.717, 1.165) is 0 Å². The first-order chi connectivity index (χ1) is 9.02. The molecule has 1 aromatic heterocycles. The van der Waals surface area contributed by atoms with E-state index < -0.39 is 23.7 Å². The zero-order valence-corrected chi connectivity index (χ0v) is 10.5. The number of aromatic nitrogens is 4. The van der Waals surface area contributed by atoms with Crippen molar-refractivity contribution in [3.63, 3.8) is 0 Å². The van der Waals surface area contributed by atoms with E-state index in [9.17, 15) is 9.18 Å². The van der Waals surface area contributed by atoms with Gasteiger partial charge in [0.1, 0.15) is 5.82 Å². The number of tetrazole rings is 1. The highest BCUT2D eigenvalue weighted by Gasteiger charge is 2.25. The second kappa shape index (κ2) is 5.13. The third-order valence-corrected chi connectivity index (χ3v) is 3.11. The van der Waals surface area contributed by atoms with Crippen LogP contribution >= 0.6 is 0 Å². The van der Waals surface area contributed by atoms with Gasteiger partial charge in [0.05, 0.1) is 17.5 Å². The average Bonchev–Trinajstić information content (AvgIpc) is 2.86. The lowest BCUT2D eigenvalue weighted by atomic mass is 10.0. The van der Waals surface area contributed by atoms with Crippen molar-refractivity contribution in [3.8, 4) is 11.4 Å². The maximum Gasteiger partial charge on any atom is 0.308 e. The summed E-state index contributed by atoms with van der Waals surface area (Å²) in [5.41, 5.74) is 0.247. The first kappa shape index (κ1) is 13.1. The van der Waals surface area contributed by atoms with Crippen LogP contribution < -0.4 is 0 Å². The van der Waals surface area contributed by atoms with E-state index in [1.165, 1.54) is 10.7 Å². The molecule has 0 aliphatic heterocycles. The summed E-state index contributed by atoms with van der Waals surface area (Å²) in [5.74, 6) is -1.87. The summed E-state index contributed by atoms with van der Waals surface area (Å²) in [4.78, 5) is 11.0. The van der Waals surface area contributed by atoms with Gasteiger partial charge in [0, 0.05) is 0 Å². The molecule has 0 fully saturated rings. The zero-order chi connectivity index (χ0) is 14.0. The molecule has 0 aliphatic rings. The van der Waals surface area contributed by atoms with Crippen molar-refractivity contribution in [3.05, 3.63) is 30.1 Å². The Morgan fingerprint density at radius 1 is 1.37 bits per heavy atom. The standard InChI is InChI=1S/C12H13FN4O2/c1-7(12(18)19)8(2)17-11(14-15-16-17)9-5-3-4-6-10(9)13/h3-8H,1-2H3,(H,18,19). The lowest BCUT2D eigenvalue weighted by Gasteiger charge is -2.17. The average molecular weight is 264 g/mol. The Labute approximate surface area is 108 Å². The van der Waals surface area contributed by atoms with Crippen LogP contribution in [0, 0.1) is 11.7 Å². The van der Waals surface area contributed by atoms with Crippen molar-refractivity contribution in [2.75, 3.05) is 0 Å². The van der Waals surface area contributed by atoms with Gasteiger partial charge in [-0.1, -0.05) is 12.1 Å². The minimum absolute atomic E-state index is 0.221. The highest BCUT2D eigenvalue weighted by Crippen LogP contribution is 2.25. The fourth-order valence-corrected chi connectivity index (χ4v) is 1.71. The number of carboxylic acids is 1. The topological polar surface area (TPSA) is 80.9 Å². The molecular weight excluding hydrogens is 251 g/mol. The van der Waals surface area contributed by atoms with Gasteiger partial charge in [-0.15, -0.1) is 5.10 Å². The molecule has 2 aromatic rings. The molecule has 2 atom stereocenters. The molecular formula is C12H13FN4O2. The van der Waals surface area contributed by atoms with Crippen LogP contribution in [0.25, 0.3) is 11.4 Å². The van der Waals surface area contributed by atoms with E-state index in [0.29, 0.717) is 0 Å². The minimum Gasteiger partial charge on any atom is -0.481 e. The monoisotopic (exact) mass is 264 g/mol. The van der Waals surface area contributed by atoms with E-state index >= 15 is 0 Å². The molecule has 1 N–H and O–H groups in total. The minimum atomic E-state index is -0.956. The van der Waals surface area contributed by atoms with Crippen LogP contribution in [0.15, 0.2) is 24.3 Å². The Morgan fingerprint density at radius 3 is 2.68 bits per heavy atom. The van der Waals surface area contributed by atoms with Gasteiger partial charge < -0.3 is 5.11 Å². The van der Waals surface area contributed by atoms with Gasteiger partial charge in [-0.3, -0.25) is 4.79 Å². The van der Waals surface area contributed by atoms with Crippen molar-refractivity contribution >= 4 is 5.97 Å². The smallest absolute Gasteiger partial charge is 0.308 e. The highest BCUT2D eigenvalue weighted by atomic mass is 19.1. The van der Waals surface area contributed by atoms with Gasteiger partial charge in [-0.25, -0.2) is 9.07 Å². The fraction of sp³-hybridized carbons (Fsp3) is 0.333. The van der Waals surface area contributed by atoms with Crippen LogP contribution in [0.1, 0.15) is 19.9 Å². The maximum atomic E-state index is 13.7. The number of hydrogen-bond donors (Lipinski definition) is 1. The summed E-state index contributed by atoms with van der Waals surface area (Å²) in [6.07, 6.45) is 0. The molecule has 2 rings (SSSR count). The Morgan fingerprint density at radius 2 is 2.05 bits per heavy atom. The first-order valence-electron chi connectivity index (χ1n) is 5.78. The summed E-state index contributed by atoms with van der Waals surface area (Å²) in [6, 6.07) is 5.61. The molecule has 0 amide bonds. The Bertz CT molecular complexity index is 599. The lowest BCUT2D eigenvalue weighted by Crippen LogP contribution is -2.23. The van der Waals surface area contributed by atoms with Crippen LogP contribution in [0.2, 0.25) is 0 Å². The Kier molecular flexibility index (Phi) is 3.55. The van der Waals surface area contributed by atoms with Crippen molar-refractivity contribution in [1.29, 1.82) is 0 Å². The van der Waals surface area contributed by atoms with Crippen LogP contribution in [-0.4, -0.2) is 31.3 Å². The van der Waals surface area contributed by atoms with E-state index in [-0.39, 0.29) is 11.4 Å². The predicted molar refractivity (Wildman–Crippen MR) is 64.7 cm³/mol. The maximum absolute atomic E-state index is 13.7. The number of rotatable bonds is 4. The molecule has 7 heteroatoms. The molecule has 0 spiro atoms. The van der Waals surface area contributed by atoms with Gasteiger partial charge in [0.15, 0.2) is 5.82 Å². The number of carbonyl (C=O) groups is 1. The van der Waals surface area contributed by atoms with Crippen molar-refractivity contribution in [2.45, 2.75) is 19.9 Å². The number of carboxylic acid groups (broad SMARTS) is 1. The van der Waals surface area contributed by atoms with Crippen molar-refractivity contribution < 1.29 is 14.3 Å². The molecule has 0 bridgehead atoms. The molecule has 0 saturated heterocycles. The highest BCUT2D eigenvalue weighted by molar-refractivity contribution is 5.70. The van der Waals surface area contributed by atoms with E-state index in [2.05, 4.69) is 15.5 Å². The van der Waals surface area contributed by atoms with Crippen LogP contribution in [0.5, 0.6) is 0 Å². The summed E-state index contributed by atoms with van der Waals surface area (Å²) in [5, 5.41) is 20.1. The zero-order valence-electron chi connectivity index (χ0n) is 10.5. The Hall–Kier alpha value is -2.31. The third-order valence-electron chi connectivity index (χ3n) is 3.11. The second-order valence-electron chi connectivity index (χ2n) is 4.29. The van der Waals surface area contributed by atoms with Crippen LogP contribution in [-0.2, 0) is 4.79 Å². The quantitative estimate of drug-likeness (QED) is 0.910. The van der Waals surface area contributed by atoms with Crippen LogP contribution in [0.4, 0.5) is 4.39 Å². The lowest BCUT2D eigenvalue weighted by molar-refractivity contribution is -0.142. The first-order valence-corrected chi connectivity index (χ1v) is 5.78. The largest absolute Gasteiger partial charge is 0.481 e. The van der Waals surface area contributed by atoms with Gasteiger partial charge in [0.25, 0.3) is 0 Å². The fourth-order valence-electron chi connectivity index (χ4n) is 1.71.